The van der Waals surface area contributed by atoms with Crippen LogP contribution in [0.5, 0.6) is 0 Å². The molecule has 4 heterocycles. The third-order valence-electron chi connectivity index (χ3n) is 17.6. The first-order valence-corrected chi connectivity index (χ1v) is 35.4. The van der Waals surface area contributed by atoms with Crippen molar-refractivity contribution in [2.45, 2.75) is 349 Å². The molecule has 0 N–H and O–H groups in total. The summed E-state index contributed by atoms with van der Waals surface area (Å²) in [6.45, 7) is 49.5. The molecule has 0 amide bonds. The number of hydrogen-bond donors (Lipinski definition) is 0. The van der Waals surface area contributed by atoms with Gasteiger partial charge in [-0.15, -0.1) is 0 Å². The molecule has 4 aromatic carbocycles. The zero-order chi connectivity index (χ0) is 71.0. The first-order chi connectivity index (χ1) is 44.1. The minimum Gasteiger partial charge on any atom is -0.378 e. The van der Waals surface area contributed by atoms with Gasteiger partial charge in [-0.2, -0.15) is 0 Å². The van der Waals surface area contributed by atoms with E-state index in [4.69, 9.17) is 28.4 Å². The molecule has 4 saturated heterocycles. The lowest BCUT2D eigenvalue weighted by Gasteiger charge is -2.24. The summed E-state index contributed by atoms with van der Waals surface area (Å²) in [5, 5.41) is 0. The third kappa shape index (κ3) is 61.2. The van der Waals surface area contributed by atoms with Crippen molar-refractivity contribution in [1.82, 2.24) is 0 Å². The minimum atomic E-state index is -0.736. The van der Waals surface area contributed by atoms with Crippen LogP contribution in [0, 0.1) is 126 Å². The Morgan fingerprint density at radius 2 is 0.495 bits per heavy atom. The molecule has 6 nitrogen and oxygen atoms in total. The van der Waals surface area contributed by atoms with Crippen molar-refractivity contribution in [3.63, 3.8) is 0 Å². The van der Waals surface area contributed by atoms with E-state index in [-0.39, 0.29) is 118 Å². The number of benzene rings is 4. The molecule has 0 spiro atoms. The standard InChI is InChI=1S/C8H8F2.2C8H13F.2C8H9F.C8H16.C8H10.2C7H14O.2C6H12O2.11CH4/c1-5-3-4-6(2)8(10)7(5)9;4*1-6-3-4-7(2)8(9)5-6;2*1-7-3-5-8(2)6-4-7;2*1-6-3-4-7(2)8-5-6;2*1-5-3-7-6(2)8-4-5;;;;;;;;;;;/h3-4H,1-2H3;2*6H,3-5H2,1-2H3;2*3-5H,1-2H3;7-8H,3-6H2,1-2H3;3-6H,1-2H3;2*6-7H,3-5H2,1-2H3;2*5-6H,3-4H2,1-2H3;11*1H4. The Labute approximate surface area is 650 Å². The average Bonchev–Trinajstić information content (AvgIpc) is 0.863. The Balaban J connectivity index is -0.000000102. The fourth-order valence-electron chi connectivity index (χ4n) is 9.98. The Hall–Kier alpha value is -4.30. The highest BCUT2D eigenvalue weighted by Crippen LogP contribution is 2.31. The van der Waals surface area contributed by atoms with E-state index in [9.17, 15) is 26.3 Å². The molecule has 0 aromatic heterocycles. The number of aryl methyl sites for hydroxylation is 8. The van der Waals surface area contributed by atoms with Gasteiger partial charge in [0.25, 0.3) is 0 Å². The van der Waals surface area contributed by atoms with Gasteiger partial charge in [0.2, 0.25) is 0 Å². The molecule has 12 heteroatoms. The van der Waals surface area contributed by atoms with Crippen LogP contribution >= 0.6 is 0 Å². The molecule has 7 aliphatic rings. The zero-order valence-electron chi connectivity index (χ0n) is 62.7. The van der Waals surface area contributed by atoms with Gasteiger partial charge in [-0.05, 0) is 240 Å². The molecule has 105 heavy (non-hydrogen) atoms. The van der Waals surface area contributed by atoms with E-state index in [1.54, 1.807) is 38.1 Å². The summed E-state index contributed by atoms with van der Waals surface area (Å²) in [6, 6.07) is 22.0. The van der Waals surface area contributed by atoms with Gasteiger partial charge in [-0.25, -0.2) is 26.3 Å². The second kappa shape index (κ2) is 70.1. The van der Waals surface area contributed by atoms with Gasteiger partial charge >= 0.3 is 0 Å². The molecule has 4 aromatic rings. The molecule has 1 saturated carbocycles. The second-order valence-electron chi connectivity index (χ2n) is 28.8. The van der Waals surface area contributed by atoms with Gasteiger partial charge < -0.3 is 28.4 Å². The zero-order valence-corrected chi connectivity index (χ0v) is 62.7. The van der Waals surface area contributed by atoms with Crippen LogP contribution in [0.2, 0.25) is 0 Å². The normalized spacial score (nSPS) is 23.4. The number of rotatable bonds is 0. The summed E-state index contributed by atoms with van der Waals surface area (Å²) in [5.74, 6) is 4.47. The molecule has 624 valence electrons. The van der Waals surface area contributed by atoms with Crippen molar-refractivity contribution < 1.29 is 54.8 Å². The Morgan fingerprint density at radius 3 is 0.695 bits per heavy atom. The van der Waals surface area contributed by atoms with Crippen LogP contribution in [0.25, 0.3) is 0 Å². The van der Waals surface area contributed by atoms with Gasteiger partial charge in [0, 0.05) is 37.9 Å². The topological polar surface area (TPSA) is 55.4 Å². The molecule has 6 atom stereocenters. The molecule has 5 fully saturated rings. The maximum Gasteiger partial charge on any atom is 0.161 e. The Morgan fingerprint density at radius 1 is 0.257 bits per heavy atom. The molecule has 6 unspecified atom stereocenters. The van der Waals surface area contributed by atoms with E-state index in [2.05, 4.69) is 107 Å². The lowest BCUT2D eigenvalue weighted by atomic mass is 9.84. The van der Waals surface area contributed by atoms with Crippen LogP contribution in [-0.2, 0) is 28.4 Å². The fourth-order valence-corrected chi connectivity index (χ4v) is 9.98. The van der Waals surface area contributed by atoms with Crippen LogP contribution in [-0.4, -0.2) is 64.4 Å². The van der Waals surface area contributed by atoms with Crippen LogP contribution in [0.15, 0.2) is 95.6 Å². The van der Waals surface area contributed by atoms with E-state index in [0.29, 0.717) is 71.0 Å². The predicted octanol–water partition coefficient (Wildman–Crippen LogP) is 31.4. The van der Waals surface area contributed by atoms with E-state index in [1.165, 1.54) is 101 Å². The lowest BCUT2D eigenvalue weighted by Crippen LogP contribution is -2.27. The van der Waals surface area contributed by atoms with Crippen LogP contribution < -0.4 is 0 Å². The van der Waals surface area contributed by atoms with Crippen LogP contribution in [0.3, 0.4) is 0 Å². The van der Waals surface area contributed by atoms with Crippen molar-refractivity contribution in [1.29, 1.82) is 0 Å². The smallest absolute Gasteiger partial charge is 0.161 e. The van der Waals surface area contributed by atoms with Crippen molar-refractivity contribution in [2.75, 3.05) is 39.6 Å². The van der Waals surface area contributed by atoms with Gasteiger partial charge in [0.15, 0.2) is 24.2 Å². The average molecular weight is 1500 g/mol. The molecular formula is C93H174F6O6. The van der Waals surface area contributed by atoms with Crippen molar-refractivity contribution in [3.05, 3.63) is 163 Å². The number of ether oxygens (including phenoxy) is 6. The number of allylic oxidation sites excluding steroid dienone is 4. The molecule has 4 aliphatic heterocycles. The summed E-state index contributed by atoms with van der Waals surface area (Å²) in [6.07, 6.45) is 17.8. The monoisotopic (exact) mass is 1500 g/mol. The summed E-state index contributed by atoms with van der Waals surface area (Å²) in [7, 11) is 0. The van der Waals surface area contributed by atoms with E-state index in [1.807, 2.05) is 53.7 Å². The fraction of sp³-hybridized carbons (Fsp3) is 0.699. The molecular weight excluding hydrogens is 1330 g/mol. The Kier molecular flexibility index (Phi) is 83.1. The number of hydrogen-bond acceptors (Lipinski definition) is 6. The first-order valence-electron chi connectivity index (χ1n) is 35.4. The van der Waals surface area contributed by atoms with E-state index < -0.39 is 11.6 Å². The SMILES string of the molecule is C.C.C.C.C.C.C.C.C.C.C.CC1=C(F)CC(C)CC1.CC1=C(F)CC(C)CC1.CC1CCC(C)CC1.CC1CCC(C)OC1.CC1CCC(C)OC1.CC1COC(C)OC1.CC1COC(C)OC1.Cc1ccc(C)c(F)c1.Cc1ccc(C)c(F)c1.Cc1ccc(C)c(F)c1F.Cc1ccc(C)cc1. The van der Waals surface area contributed by atoms with Crippen LogP contribution in [0.4, 0.5) is 26.3 Å². The third-order valence-corrected chi connectivity index (χ3v) is 17.6. The van der Waals surface area contributed by atoms with Crippen molar-refractivity contribution in [3.8, 4) is 0 Å². The summed E-state index contributed by atoms with van der Waals surface area (Å²) >= 11 is 0. The largest absolute Gasteiger partial charge is 0.378 e. The highest BCUT2D eigenvalue weighted by molar-refractivity contribution is 5.25. The maximum atomic E-state index is 12.7. The lowest BCUT2D eigenvalue weighted by molar-refractivity contribution is -0.187. The van der Waals surface area contributed by atoms with E-state index in [0.717, 1.165) is 98.4 Å². The Bertz CT molecular complexity index is 2370. The van der Waals surface area contributed by atoms with Crippen molar-refractivity contribution in [2.24, 2.45) is 47.3 Å². The quantitative estimate of drug-likeness (QED) is 0.164. The maximum absolute atomic E-state index is 12.7. The summed E-state index contributed by atoms with van der Waals surface area (Å²) in [5.41, 5.74) is 8.65. The summed E-state index contributed by atoms with van der Waals surface area (Å²) < 4.78 is 107. The second-order valence-corrected chi connectivity index (χ2v) is 28.8. The highest BCUT2D eigenvalue weighted by Gasteiger charge is 2.19. The first kappa shape index (κ1) is 124. The van der Waals surface area contributed by atoms with E-state index >= 15 is 0 Å². The molecule has 3 aliphatic carbocycles. The summed E-state index contributed by atoms with van der Waals surface area (Å²) in [4.78, 5) is 0. The molecule has 0 radical (unpaired) electrons. The highest BCUT2D eigenvalue weighted by atomic mass is 19.2. The van der Waals surface area contributed by atoms with Gasteiger partial charge in [-0.3, -0.25) is 0 Å². The number of halogens is 6. The van der Waals surface area contributed by atoms with Gasteiger partial charge in [0.05, 0.1) is 50.3 Å². The van der Waals surface area contributed by atoms with Gasteiger partial charge in [-0.1, -0.05) is 235 Å². The molecule has 0 bridgehead atoms. The predicted molar refractivity (Wildman–Crippen MR) is 457 cm³/mol. The van der Waals surface area contributed by atoms with Crippen molar-refractivity contribution >= 4 is 0 Å². The minimum absolute atomic E-state index is 0. The van der Waals surface area contributed by atoms with Crippen LogP contribution in [0.1, 0.15) is 313 Å². The van der Waals surface area contributed by atoms with Gasteiger partial charge in [0.1, 0.15) is 11.6 Å². The molecule has 11 rings (SSSR count).